The first-order valence-electron chi connectivity index (χ1n) is 16.3. The van der Waals surface area contributed by atoms with Gasteiger partial charge in [-0.1, -0.05) is 176 Å². The number of hydrogen-bond donors (Lipinski definition) is 0. The SMILES string of the molecule is CC=C[Si](C=Cc1ccc(-c2ccc3c(c2)C(C)(C)c2cc(-c4ccc(C)cc4)ccc2-3)cc1)(c1ccccc1)c1ccccc1. The predicted molar refractivity (Wildman–Crippen MR) is 201 cm³/mol. The number of allylic oxidation sites excluding steroid dienone is 1. The molecule has 224 valence electrons. The lowest BCUT2D eigenvalue weighted by Crippen LogP contribution is -2.55. The van der Waals surface area contributed by atoms with Crippen LogP contribution in [0.25, 0.3) is 39.5 Å². The number of rotatable bonds is 7. The van der Waals surface area contributed by atoms with Gasteiger partial charge in [0.05, 0.1) is 0 Å². The van der Waals surface area contributed by atoms with E-state index in [9.17, 15) is 0 Å². The zero-order valence-corrected chi connectivity index (χ0v) is 28.2. The summed E-state index contributed by atoms with van der Waals surface area (Å²) in [6, 6.07) is 53.9. The third-order valence-corrected chi connectivity index (χ3v) is 13.9. The van der Waals surface area contributed by atoms with Gasteiger partial charge in [0.1, 0.15) is 0 Å². The van der Waals surface area contributed by atoms with E-state index >= 15 is 0 Å². The third-order valence-electron chi connectivity index (χ3n) is 9.78. The average molecular weight is 609 g/mol. The summed E-state index contributed by atoms with van der Waals surface area (Å²) in [7, 11) is -2.26. The first-order valence-corrected chi connectivity index (χ1v) is 18.5. The van der Waals surface area contributed by atoms with E-state index in [2.05, 4.69) is 197 Å². The molecule has 7 rings (SSSR count). The number of benzene rings is 6. The molecule has 0 atom stereocenters. The van der Waals surface area contributed by atoms with E-state index in [1.165, 1.54) is 66.0 Å². The van der Waals surface area contributed by atoms with Gasteiger partial charge in [-0.05, 0) is 86.4 Å². The minimum Gasteiger partial charge on any atom is -0.0945 e. The monoisotopic (exact) mass is 608 g/mol. The van der Waals surface area contributed by atoms with Crippen molar-refractivity contribution in [3.8, 4) is 33.4 Å². The lowest BCUT2D eigenvalue weighted by atomic mass is 9.81. The number of fused-ring (bicyclic) bond motifs is 3. The molecule has 6 aromatic rings. The fourth-order valence-electron chi connectivity index (χ4n) is 7.15. The van der Waals surface area contributed by atoms with E-state index in [1.807, 2.05) is 0 Å². The Morgan fingerprint density at radius 3 is 1.43 bits per heavy atom. The molecule has 1 heteroatoms. The summed E-state index contributed by atoms with van der Waals surface area (Å²) in [5, 5.41) is 2.78. The third kappa shape index (κ3) is 5.31. The summed E-state index contributed by atoms with van der Waals surface area (Å²) in [5.74, 6) is 0. The fraction of sp³-hybridized carbons (Fsp3) is 0.111. The van der Waals surface area contributed by atoms with E-state index in [0.29, 0.717) is 0 Å². The van der Waals surface area contributed by atoms with E-state index in [-0.39, 0.29) is 5.41 Å². The number of hydrogen-bond acceptors (Lipinski definition) is 0. The molecule has 46 heavy (non-hydrogen) atoms. The summed E-state index contributed by atoms with van der Waals surface area (Å²) in [6.45, 7) is 9.02. The Labute approximate surface area is 275 Å². The molecule has 1 aliphatic carbocycles. The van der Waals surface area contributed by atoms with Crippen molar-refractivity contribution in [3.63, 3.8) is 0 Å². The molecular formula is C45H40Si. The maximum atomic E-state index is 2.48. The van der Waals surface area contributed by atoms with Crippen LogP contribution in [0.4, 0.5) is 0 Å². The van der Waals surface area contributed by atoms with Gasteiger partial charge in [0, 0.05) is 5.41 Å². The van der Waals surface area contributed by atoms with E-state index < -0.39 is 8.07 Å². The predicted octanol–water partition coefficient (Wildman–Crippen LogP) is 10.6. The van der Waals surface area contributed by atoms with Crippen LogP contribution in [-0.4, -0.2) is 8.07 Å². The zero-order chi connectivity index (χ0) is 31.7. The van der Waals surface area contributed by atoms with E-state index in [1.54, 1.807) is 0 Å². The second-order valence-corrected chi connectivity index (χ2v) is 16.6. The second-order valence-electron chi connectivity index (χ2n) is 13.1. The molecule has 1 aliphatic rings. The lowest BCUT2D eigenvalue weighted by molar-refractivity contribution is 0.661. The number of aryl methyl sites for hydroxylation is 1. The Balaban J connectivity index is 1.19. The average Bonchev–Trinajstić information content (AvgIpc) is 3.33. The first kappa shape index (κ1) is 29.7. The van der Waals surface area contributed by atoms with Crippen molar-refractivity contribution in [2.45, 2.75) is 33.1 Å². The Hall–Kier alpha value is -4.98. The van der Waals surface area contributed by atoms with Gasteiger partial charge in [0.15, 0.2) is 8.07 Å². The zero-order valence-electron chi connectivity index (χ0n) is 27.2. The first-order chi connectivity index (χ1) is 22.4. The van der Waals surface area contributed by atoms with E-state index in [0.717, 1.165) is 0 Å². The van der Waals surface area contributed by atoms with Crippen LogP contribution < -0.4 is 10.4 Å². The molecule has 0 saturated carbocycles. The highest BCUT2D eigenvalue weighted by Gasteiger charge is 2.36. The van der Waals surface area contributed by atoms with Gasteiger partial charge in [-0.3, -0.25) is 0 Å². The smallest absolute Gasteiger partial charge is 0.0945 e. The largest absolute Gasteiger partial charge is 0.164 e. The topological polar surface area (TPSA) is 0 Å². The van der Waals surface area contributed by atoms with Crippen LogP contribution in [0.3, 0.4) is 0 Å². The highest BCUT2D eigenvalue weighted by Crippen LogP contribution is 2.50. The van der Waals surface area contributed by atoms with Crippen LogP contribution in [0.2, 0.25) is 0 Å². The highest BCUT2D eigenvalue weighted by atomic mass is 28.3. The van der Waals surface area contributed by atoms with Crippen molar-refractivity contribution in [1.29, 1.82) is 0 Å². The Kier molecular flexibility index (Phi) is 7.80. The van der Waals surface area contributed by atoms with Crippen LogP contribution >= 0.6 is 0 Å². The van der Waals surface area contributed by atoms with Crippen LogP contribution in [-0.2, 0) is 5.41 Å². The minimum atomic E-state index is -2.26. The molecular weight excluding hydrogens is 569 g/mol. The van der Waals surface area contributed by atoms with Crippen LogP contribution in [0, 0.1) is 6.92 Å². The van der Waals surface area contributed by atoms with Crippen molar-refractivity contribution in [3.05, 3.63) is 185 Å². The summed E-state index contributed by atoms with van der Waals surface area (Å²) in [4.78, 5) is 0. The minimum absolute atomic E-state index is 0.0697. The molecule has 6 aromatic carbocycles. The summed E-state index contributed by atoms with van der Waals surface area (Å²) < 4.78 is 0. The Morgan fingerprint density at radius 1 is 0.500 bits per heavy atom. The van der Waals surface area contributed by atoms with Gasteiger partial charge in [0.25, 0.3) is 0 Å². The second kappa shape index (κ2) is 12.1. The molecule has 0 spiro atoms. The molecule has 0 amide bonds. The maximum Gasteiger partial charge on any atom is 0.164 e. The van der Waals surface area contributed by atoms with E-state index in [4.69, 9.17) is 0 Å². The quantitative estimate of drug-likeness (QED) is 0.158. The summed E-state index contributed by atoms with van der Waals surface area (Å²) in [5.41, 5.74) is 17.9. The van der Waals surface area contributed by atoms with Crippen molar-refractivity contribution in [2.24, 2.45) is 0 Å². The van der Waals surface area contributed by atoms with Gasteiger partial charge in [-0.25, -0.2) is 0 Å². The Bertz CT molecular complexity index is 2010. The van der Waals surface area contributed by atoms with Crippen molar-refractivity contribution >= 4 is 24.5 Å². The molecule has 0 N–H and O–H groups in total. The standard InChI is InChI=1S/C45H40Si/c1-5-29-46(39-12-8-6-9-13-39,40-14-10-7-11-15-40)30-28-34-18-22-36(23-19-34)38-25-27-42-41-26-24-37(35-20-16-33(2)17-21-35)31-43(41)45(3,4)44(42)32-38/h5-32H,1-4H3. The molecule has 0 nitrogen and oxygen atoms in total. The van der Waals surface area contributed by atoms with Crippen LogP contribution in [0.5, 0.6) is 0 Å². The molecule has 0 heterocycles. The van der Waals surface area contributed by atoms with Gasteiger partial charge in [0.2, 0.25) is 0 Å². The maximum absolute atomic E-state index is 2.48. The van der Waals surface area contributed by atoms with Crippen LogP contribution in [0.1, 0.15) is 43.0 Å². The van der Waals surface area contributed by atoms with Gasteiger partial charge < -0.3 is 0 Å². The summed E-state index contributed by atoms with van der Waals surface area (Å²) >= 11 is 0. The van der Waals surface area contributed by atoms with Crippen molar-refractivity contribution in [1.82, 2.24) is 0 Å². The summed E-state index contributed by atoms with van der Waals surface area (Å²) in [6.07, 6.45) is 4.54. The molecule has 0 aromatic heterocycles. The highest BCUT2D eigenvalue weighted by molar-refractivity contribution is 7.09. The van der Waals surface area contributed by atoms with Crippen molar-refractivity contribution < 1.29 is 0 Å². The van der Waals surface area contributed by atoms with Crippen molar-refractivity contribution in [2.75, 3.05) is 0 Å². The fourth-order valence-corrected chi connectivity index (χ4v) is 10.8. The molecule has 0 bridgehead atoms. The molecule has 0 fully saturated rings. The normalized spacial score (nSPS) is 13.7. The van der Waals surface area contributed by atoms with Gasteiger partial charge in [-0.2, -0.15) is 0 Å². The molecule has 0 unspecified atom stereocenters. The molecule has 0 saturated heterocycles. The molecule has 0 aliphatic heterocycles. The molecule has 0 radical (unpaired) electrons. The van der Waals surface area contributed by atoms with Gasteiger partial charge in [-0.15, -0.1) is 0 Å². The van der Waals surface area contributed by atoms with Crippen LogP contribution in [0.15, 0.2) is 163 Å². The van der Waals surface area contributed by atoms with Gasteiger partial charge >= 0.3 is 0 Å². The lowest BCUT2D eigenvalue weighted by Gasteiger charge is -2.26. The Morgan fingerprint density at radius 2 is 0.957 bits per heavy atom.